The summed E-state index contributed by atoms with van der Waals surface area (Å²) in [5.41, 5.74) is 6.79. The summed E-state index contributed by atoms with van der Waals surface area (Å²) in [5, 5.41) is 0. The minimum absolute atomic E-state index is 0.194. The molecule has 0 amide bonds. The Kier molecular flexibility index (Phi) is 10.2. The van der Waals surface area contributed by atoms with Crippen molar-refractivity contribution in [3.05, 3.63) is 95.3 Å². The fraction of sp³-hybridized carbons (Fsp3) is 0.217. The molecule has 0 bridgehead atoms. The first-order valence-electron chi connectivity index (χ1n) is 9.18. The zero-order chi connectivity index (χ0) is 21.1. The topological polar surface area (TPSA) is 29.6 Å². The van der Waals surface area contributed by atoms with Crippen LogP contribution in [0.2, 0.25) is 0 Å². The molecule has 6 heteroatoms. The van der Waals surface area contributed by atoms with Gasteiger partial charge in [0.2, 0.25) is 0 Å². The second-order valence-electron chi connectivity index (χ2n) is 6.49. The molecule has 0 atom stereocenters. The van der Waals surface area contributed by atoms with Gasteiger partial charge in [-0.05, 0) is 37.1 Å². The fourth-order valence-electron chi connectivity index (χ4n) is 2.99. The maximum absolute atomic E-state index is 4.76. The SMILES string of the molecule is CC(=NCc1ccccc1)c1ccc(C(C)=NCc2ccccc2)n1C.[Cl][Fe][Cl]. The van der Waals surface area contributed by atoms with Gasteiger partial charge in [0.25, 0.3) is 0 Å². The van der Waals surface area contributed by atoms with Crippen LogP contribution >= 0.6 is 20.2 Å². The van der Waals surface area contributed by atoms with Crippen LogP contribution in [0.15, 0.2) is 82.8 Å². The van der Waals surface area contributed by atoms with Crippen LogP contribution in [-0.2, 0) is 33.3 Å². The molecule has 3 nitrogen and oxygen atoms in total. The molecule has 0 radical (unpaired) electrons. The van der Waals surface area contributed by atoms with Gasteiger partial charge in [0.1, 0.15) is 0 Å². The second-order valence-corrected chi connectivity index (χ2v) is 8.31. The Bertz CT molecular complexity index is 860. The number of benzene rings is 2. The van der Waals surface area contributed by atoms with Crippen LogP contribution in [-0.4, -0.2) is 16.0 Å². The summed E-state index contributed by atoms with van der Waals surface area (Å²) in [6.45, 7) is 5.54. The van der Waals surface area contributed by atoms with E-state index in [-0.39, 0.29) is 13.1 Å². The molecule has 2 aromatic carbocycles. The number of aliphatic imine (C=N–C) groups is 2. The summed E-state index contributed by atoms with van der Waals surface area (Å²) in [5.74, 6) is 0. The molecule has 0 saturated heterocycles. The molecule has 3 aromatic rings. The van der Waals surface area contributed by atoms with Gasteiger partial charge in [-0.25, -0.2) is 0 Å². The fourth-order valence-corrected chi connectivity index (χ4v) is 2.99. The number of hydrogen-bond donors (Lipinski definition) is 0. The first-order chi connectivity index (χ1) is 14.1. The molecule has 0 spiro atoms. The van der Waals surface area contributed by atoms with Crippen molar-refractivity contribution >= 4 is 31.6 Å². The Morgan fingerprint density at radius 2 is 1.07 bits per heavy atom. The van der Waals surface area contributed by atoms with Gasteiger partial charge >= 0.3 is 33.3 Å². The predicted octanol–water partition coefficient (Wildman–Crippen LogP) is 6.42. The van der Waals surface area contributed by atoms with Crippen molar-refractivity contribution in [3.63, 3.8) is 0 Å². The van der Waals surface area contributed by atoms with Crippen LogP contribution in [0.3, 0.4) is 0 Å². The van der Waals surface area contributed by atoms with Crippen molar-refractivity contribution in [2.45, 2.75) is 26.9 Å². The Morgan fingerprint density at radius 3 is 1.41 bits per heavy atom. The van der Waals surface area contributed by atoms with Gasteiger partial charge in [-0.3, -0.25) is 9.98 Å². The summed E-state index contributed by atoms with van der Waals surface area (Å²) in [4.78, 5) is 9.50. The third kappa shape index (κ3) is 7.49. The molecule has 0 fully saturated rings. The van der Waals surface area contributed by atoms with Crippen molar-refractivity contribution in [2.24, 2.45) is 17.0 Å². The minimum atomic E-state index is 0.194. The molecule has 1 heterocycles. The van der Waals surface area contributed by atoms with Crippen molar-refractivity contribution in [2.75, 3.05) is 0 Å². The number of halogens is 2. The number of rotatable bonds is 6. The van der Waals surface area contributed by atoms with Crippen LogP contribution < -0.4 is 0 Å². The molecule has 0 aliphatic rings. The molecule has 0 unspecified atom stereocenters. The monoisotopic (exact) mass is 469 g/mol. The summed E-state index contributed by atoms with van der Waals surface area (Å²) >= 11 is 0.194. The average molecular weight is 470 g/mol. The number of nitrogens with zero attached hydrogens (tertiary/aromatic N) is 3. The molecule has 0 saturated carbocycles. The van der Waals surface area contributed by atoms with E-state index in [1.807, 2.05) is 36.4 Å². The van der Waals surface area contributed by atoms with Crippen LogP contribution in [0.25, 0.3) is 0 Å². The third-order valence-electron chi connectivity index (χ3n) is 4.55. The van der Waals surface area contributed by atoms with E-state index in [2.05, 4.69) is 61.9 Å². The maximum atomic E-state index is 4.76. The Morgan fingerprint density at radius 1 is 0.724 bits per heavy atom. The summed E-state index contributed by atoms with van der Waals surface area (Å²) < 4.78 is 2.17. The predicted molar refractivity (Wildman–Crippen MR) is 122 cm³/mol. The number of aromatic nitrogens is 1. The zero-order valence-corrected chi connectivity index (χ0v) is 19.4. The quantitative estimate of drug-likeness (QED) is 0.294. The molecule has 1 aromatic heterocycles. The average Bonchev–Trinajstić information content (AvgIpc) is 3.14. The molecular formula is C23H25Cl2FeN3. The molecule has 0 aliphatic carbocycles. The van der Waals surface area contributed by atoms with Gasteiger partial charge in [-0.1, -0.05) is 60.7 Å². The van der Waals surface area contributed by atoms with Gasteiger partial charge in [-0.2, -0.15) is 0 Å². The third-order valence-corrected chi connectivity index (χ3v) is 4.55. The standard InChI is InChI=1S/C23H25N3.2ClH.Fe/c1-18(24-16-20-10-6-4-7-11-20)22-14-15-23(26(22)3)19(2)25-17-21-12-8-5-9-13-21;;;/h4-15H,16-17H2,1-3H3;2*1H;/q;;;+2/p-2. The molecule has 0 N–H and O–H groups in total. The molecule has 0 aliphatic heterocycles. The van der Waals surface area contributed by atoms with E-state index in [0.29, 0.717) is 13.1 Å². The van der Waals surface area contributed by atoms with Crippen LogP contribution in [0, 0.1) is 0 Å². The van der Waals surface area contributed by atoms with Crippen molar-refractivity contribution in [1.82, 2.24) is 4.57 Å². The van der Waals surface area contributed by atoms with E-state index in [9.17, 15) is 0 Å². The van der Waals surface area contributed by atoms with E-state index in [0.717, 1.165) is 22.8 Å². The van der Waals surface area contributed by atoms with Crippen LogP contribution in [0.1, 0.15) is 36.4 Å². The second kappa shape index (κ2) is 12.7. The summed E-state index contributed by atoms with van der Waals surface area (Å²) in [6.07, 6.45) is 0. The van der Waals surface area contributed by atoms with Gasteiger partial charge in [0.15, 0.2) is 0 Å². The zero-order valence-electron chi connectivity index (χ0n) is 16.8. The van der Waals surface area contributed by atoms with Gasteiger partial charge in [0.05, 0.1) is 35.9 Å². The van der Waals surface area contributed by atoms with Crippen molar-refractivity contribution in [1.29, 1.82) is 0 Å². The van der Waals surface area contributed by atoms with E-state index in [1.165, 1.54) is 11.1 Å². The van der Waals surface area contributed by atoms with E-state index >= 15 is 0 Å². The van der Waals surface area contributed by atoms with Crippen molar-refractivity contribution in [3.8, 4) is 0 Å². The Hall–Kier alpha value is -1.84. The molecule has 29 heavy (non-hydrogen) atoms. The van der Waals surface area contributed by atoms with E-state index in [4.69, 9.17) is 30.2 Å². The molecular weight excluding hydrogens is 445 g/mol. The normalized spacial score (nSPS) is 11.9. The van der Waals surface area contributed by atoms with Gasteiger partial charge < -0.3 is 4.57 Å². The van der Waals surface area contributed by atoms with Crippen LogP contribution in [0.5, 0.6) is 0 Å². The van der Waals surface area contributed by atoms with Crippen LogP contribution in [0.4, 0.5) is 0 Å². The summed E-state index contributed by atoms with van der Waals surface area (Å²) in [7, 11) is 11.6. The van der Waals surface area contributed by atoms with E-state index < -0.39 is 0 Å². The first-order valence-corrected chi connectivity index (χ1v) is 12.2. The summed E-state index contributed by atoms with van der Waals surface area (Å²) in [6, 6.07) is 24.9. The molecule has 3 rings (SSSR count). The van der Waals surface area contributed by atoms with Gasteiger partial charge in [0, 0.05) is 7.05 Å². The Balaban J connectivity index is 0.000000941. The Labute approximate surface area is 188 Å². The van der Waals surface area contributed by atoms with Gasteiger partial charge in [-0.15, -0.1) is 0 Å². The molecule has 154 valence electrons. The van der Waals surface area contributed by atoms with Crippen molar-refractivity contribution < 1.29 is 13.1 Å². The first kappa shape index (κ1) is 23.4. The van der Waals surface area contributed by atoms with E-state index in [1.54, 1.807) is 0 Å². The number of hydrogen-bond acceptors (Lipinski definition) is 2.